The van der Waals surface area contributed by atoms with Crippen LogP contribution in [-0.2, 0) is 0 Å². The maximum atomic E-state index is 2.80. The Morgan fingerprint density at radius 3 is 1.68 bits per heavy atom. The molecule has 4 saturated carbocycles. The third-order valence-corrected chi connectivity index (χ3v) is 13.0. The molecule has 4 aliphatic carbocycles. The lowest BCUT2D eigenvalue weighted by atomic mass is 9.81. The summed E-state index contributed by atoms with van der Waals surface area (Å²) < 4.78 is 0. The Morgan fingerprint density at radius 1 is 0.536 bits per heavy atom. The molecule has 0 aromatic carbocycles. The van der Waals surface area contributed by atoms with Gasteiger partial charge in [0, 0.05) is 0 Å². The van der Waals surface area contributed by atoms with E-state index in [9.17, 15) is 0 Å². The number of rotatable bonds is 5. The maximum absolute atomic E-state index is 2.80. The van der Waals surface area contributed by atoms with Gasteiger partial charge in [0.2, 0.25) is 0 Å². The van der Waals surface area contributed by atoms with Crippen molar-refractivity contribution in [3.63, 3.8) is 0 Å². The lowest BCUT2D eigenvalue weighted by Crippen LogP contribution is -2.32. The molecule has 0 bridgehead atoms. The lowest BCUT2D eigenvalue weighted by molar-refractivity contribution is 0.328. The van der Waals surface area contributed by atoms with Crippen LogP contribution < -0.4 is 0 Å². The van der Waals surface area contributed by atoms with Crippen molar-refractivity contribution in [3.05, 3.63) is 12.2 Å². The Labute approximate surface area is 177 Å². The maximum Gasteiger partial charge on any atom is -0.0141 e. The number of hydrogen-bond acceptors (Lipinski definition) is 0. The number of allylic oxidation sites excluding steroid dienone is 2. The average molecular weight is 403 g/mol. The van der Waals surface area contributed by atoms with Gasteiger partial charge in [-0.1, -0.05) is 91.2 Å². The fraction of sp³-hybridized carbons (Fsp3) is 0.926. The highest BCUT2D eigenvalue weighted by atomic mass is 31.1. The molecule has 0 radical (unpaired) electrons. The third kappa shape index (κ3) is 5.65. The highest BCUT2D eigenvalue weighted by Gasteiger charge is 2.39. The van der Waals surface area contributed by atoms with Crippen LogP contribution in [0.25, 0.3) is 0 Å². The summed E-state index contributed by atoms with van der Waals surface area (Å²) in [4.78, 5) is 0. The summed E-state index contributed by atoms with van der Waals surface area (Å²) in [6.07, 6.45) is 33.1. The summed E-state index contributed by atoms with van der Waals surface area (Å²) in [5, 5.41) is 0. The molecule has 2 atom stereocenters. The summed E-state index contributed by atoms with van der Waals surface area (Å²) >= 11 is 0. The van der Waals surface area contributed by atoms with E-state index >= 15 is 0 Å². The van der Waals surface area contributed by atoms with Gasteiger partial charge in [0.25, 0.3) is 0 Å². The summed E-state index contributed by atoms with van der Waals surface area (Å²) in [5.41, 5.74) is 3.37. The summed E-state index contributed by atoms with van der Waals surface area (Å²) in [6, 6.07) is 0. The van der Waals surface area contributed by atoms with Gasteiger partial charge >= 0.3 is 0 Å². The van der Waals surface area contributed by atoms with E-state index < -0.39 is 0 Å². The van der Waals surface area contributed by atoms with Crippen LogP contribution >= 0.6 is 7.92 Å². The molecule has 2 unspecified atom stereocenters. The van der Waals surface area contributed by atoms with Gasteiger partial charge in [-0.3, -0.25) is 0 Å². The Bertz CT molecular complexity index is 445. The topological polar surface area (TPSA) is 0 Å². The summed E-state index contributed by atoms with van der Waals surface area (Å²) in [5.74, 6) is 2.84. The van der Waals surface area contributed by atoms with Gasteiger partial charge < -0.3 is 0 Å². The molecule has 0 saturated heterocycles. The van der Waals surface area contributed by atoms with E-state index in [4.69, 9.17) is 0 Å². The molecular formula is C27H47P. The molecule has 0 spiro atoms. The van der Waals surface area contributed by atoms with Crippen molar-refractivity contribution in [1.82, 2.24) is 0 Å². The second kappa shape index (κ2) is 11.0. The zero-order chi connectivity index (χ0) is 19.2. The molecule has 4 aliphatic rings. The normalized spacial score (nSPS) is 36.9. The van der Waals surface area contributed by atoms with Crippen molar-refractivity contribution in [2.24, 2.45) is 17.8 Å². The van der Waals surface area contributed by atoms with Gasteiger partial charge in [-0.25, -0.2) is 0 Å². The highest BCUT2D eigenvalue weighted by Crippen LogP contribution is 2.63. The van der Waals surface area contributed by atoms with E-state index in [1.807, 2.05) is 0 Å². The van der Waals surface area contributed by atoms with E-state index in [1.54, 1.807) is 57.8 Å². The zero-order valence-corrected chi connectivity index (χ0v) is 19.7. The first-order valence-corrected chi connectivity index (χ1v) is 14.8. The van der Waals surface area contributed by atoms with Crippen LogP contribution in [0.2, 0.25) is 0 Å². The van der Waals surface area contributed by atoms with E-state index in [-0.39, 0.29) is 7.92 Å². The first-order valence-electron chi connectivity index (χ1n) is 13.3. The smallest absolute Gasteiger partial charge is 0.0141 e. The Kier molecular flexibility index (Phi) is 8.39. The predicted octanol–water partition coefficient (Wildman–Crippen LogP) is 9.08. The molecule has 0 N–H and O–H groups in total. The predicted molar refractivity (Wildman–Crippen MR) is 127 cm³/mol. The van der Waals surface area contributed by atoms with E-state index in [2.05, 4.69) is 19.1 Å². The van der Waals surface area contributed by atoms with Crippen molar-refractivity contribution in [1.29, 1.82) is 0 Å². The van der Waals surface area contributed by atoms with Crippen molar-refractivity contribution in [2.45, 2.75) is 139 Å². The Hall–Kier alpha value is 0.170. The minimum atomic E-state index is 0.258. The van der Waals surface area contributed by atoms with Crippen LogP contribution in [-0.4, -0.2) is 17.0 Å². The molecular weight excluding hydrogens is 355 g/mol. The molecule has 0 heterocycles. The quantitative estimate of drug-likeness (QED) is 0.318. The second-order valence-corrected chi connectivity index (χ2v) is 14.0. The van der Waals surface area contributed by atoms with Crippen LogP contribution in [0.1, 0.15) is 122 Å². The van der Waals surface area contributed by atoms with Crippen LogP contribution in [0.5, 0.6) is 0 Å². The molecule has 0 amide bonds. The van der Waals surface area contributed by atoms with Crippen LogP contribution in [0.15, 0.2) is 12.2 Å². The Morgan fingerprint density at radius 2 is 1.07 bits per heavy atom. The first kappa shape index (κ1) is 21.4. The van der Waals surface area contributed by atoms with E-state index in [0.717, 1.165) is 34.7 Å². The highest BCUT2D eigenvalue weighted by molar-refractivity contribution is 7.60. The van der Waals surface area contributed by atoms with Gasteiger partial charge in [-0.15, -0.1) is 0 Å². The van der Waals surface area contributed by atoms with Crippen LogP contribution in [0.4, 0.5) is 0 Å². The van der Waals surface area contributed by atoms with Crippen LogP contribution in [0, 0.1) is 17.8 Å². The van der Waals surface area contributed by atoms with Crippen molar-refractivity contribution in [3.8, 4) is 0 Å². The average Bonchev–Trinajstić information content (AvgIpc) is 2.76. The zero-order valence-electron chi connectivity index (χ0n) is 18.8. The monoisotopic (exact) mass is 402 g/mol. The standard InChI is InChI=1S/C27H47P/c1-22-16-18-23(19-17-22)20-21-24-10-8-9-15-27(24)28(25-11-4-2-5-12-25)26-13-6-3-7-14-26/h20-27H,2-19H2,1H3/b21-20+. The largest absolute Gasteiger partial charge is 0.0966 e. The second-order valence-electron chi connectivity index (χ2n) is 11.0. The van der Waals surface area contributed by atoms with Gasteiger partial charge in [-0.2, -0.15) is 0 Å². The van der Waals surface area contributed by atoms with Gasteiger partial charge in [0.1, 0.15) is 0 Å². The minimum absolute atomic E-state index is 0.258. The Balaban J connectivity index is 1.47. The van der Waals surface area contributed by atoms with Gasteiger partial charge in [0.15, 0.2) is 0 Å². The van der Waals surface area contributed by atoms with Gasteiger partial charge in [0.05, 0.1) is 0 Å². The molecule has 0 nitrogen and oxygen atoms in total. The molecule has 1 heteroatoms. The fourth-order valence-electron chi connectivity index (χ4n) is 7.11. The van der Waals surface area contributed by atoms with Crippen molar-refractivity contribution >= 4 is 7.92 Å². The molecule has 28 heavy (non-hydrogen) atoms. The lowest BCUT2D eigenvalue weighted by Gasteiger charge is -2.47. The molecule has 0 aliphatic heterocycles. The van der Waals surface area contributed by atoms with Crippen LogP contribution in [0.3, 0.4) is 0 Å². The van der Waals surface area contributed by atoms with E-state index in [1.165, 1.54) is 57.8 Å². The summed E-state index contributed by atoms with van der Waals surface area (Å²) in [7, 11) is 0.258. The SMILES string of the molecule is CC1CCC(/C=C/C2CCCCC2P(C2CCCCC2)C2CCCCC2)CC1. The first-order chi connectivity index (χ1) is 13.8. The molecule has 160 valence electrons. The molecule has 0 aromatic rings. The molecule has 0 aromatic heterocycles. The molecule has 4 rings (SSSR count). The van der Waals surface area contributed by atoms with Crippen molar-refractivity contribution < 1.29 is 0 Å². The fourth-order valence-corrected chi connectivity index (χ4v) is 11.9. The number of hydrogen-bond donors (Lipinski definition) is 0. The third-order valence-electron chi connectivity index (χ3n) is 8.85. The summed E-state index contributed by atoms with van der Waals surface area (Å²) in [6.45, 7) is 2.46. The van der Waals surface area contributed by atoms with Crippen molar-refractivity contribution in [2.75, 3.05) is 0 Å². The molecule has 4 fully saturated rings. The van der Waals surface area contributed by atoms with Gasteiger partial charge in [-0.05, 0) is 86.1 Å². The van der Waals surface area contributed by atoms with E-state index in [0.29, 0.717) is 0 Å². The minimum Gasteiger partial charge on any atom is -0.0966 e.